The quantitative estimate of drug-likeness (QED) is 0.0491. The van der Waals surface area contributed by atoms with Gasteiger partial charge in [0.25, 0.3) is 0 Å². The second kappa shape index (κ2) is 22.8. The van der Waals surface area contributed by atoms with E-state index in [1.54, 1.807) is 0 Å². The third kappa shape index (κ3) is 11.4. The van der Waals surface area contributed by atoms with Crippen LogP contribution in [0.3, 0.4) is 0 Å². The Morgan fingerprint density at radius 1 is 0.211 bits per heavy atom. The third-order valence-electron chi connectivity index (χ3n) is 10.5. The van der Waals surface area contributed by atoms with Crippen LogP contribution in [0.4, 0.5) is 87.8 Å². The zero-order chi connectivity index (χ0) is 55.6. The smallest absolute Gasteiger partial charge is 0.200 e. The van der Waals surface area contributed by atoms with Gasteiger partial charge in [-0.15, -0.1) is 0 Å². The molecule has 0 radical (unpaired) electrons. The summed E-state index contributed by atoms with van der Waals surface area (Å²) in [6.07, 6.45) is 0. The number of benzene rings is 7. The van der Waals surface area contributed by atoms with E-state index in [4.69, 9.17) is 28.4 Å². The molecule has 0 heterocycles. The van der Waals surface area contributed by atoms with Crippen molar-refractivity contribution in [3.63, 3.8) is 0 Å². The van der Waals surface area contributed by atoms with Gasteiger partial charge in [0, 0.05) is 18.2 Å². The zero-order valence-corrected chi connectivity index (χ0v) is 37.1. The molecule has 0 aliphatic heterocycles. The Kier molecular flexibility index (Phi) is 16.7. The number of halogens is 20. The Labute approximate surface area is 411 Å². The van der Waals surface area contributed by atoms with E-state index in [0.29, 0.717) is 0 Å². The molecule has 0 atom stereocenters. The summed E-state index contributed by atoms with van der Waals surface area (Å²) < 4.78 is 314. The summed E-state index contributed by atoms with van der Waals surface area (Å²) >= 11 is 0. The van der Waals surface area contributed by atoms with Crippen molar-refractivity contribution in [2.45, 2.75) is 46.2 Å². The molecule has 0 bridgehead atoms. The largest absolute Gasteiger partial charge is 0.489 e. The summed E-state index contributed by atoms with van der Waals surface area (Å²) in [5.74, 6) is -49.5. The van der Waals surface area contributed by atoms with Crippen LogP contribution in [0, 0.1) is 116 Å². The van der Waals surface area contributed by atoms with Crippen molar-refractivity contribution < 1.29 is 121 Å². The van der Waals surface area contributed by atoms with Crippen molar-refractivity contribution in [1.82, 2.24) is 0 Å². The van der Waals surface area contributed by atoms with Gasteiger partial charge in [-0.05, 0) is 53.1 Å². The average molecular weight is 1100 g/mol. The fourth-order valence-corrected chi connectivity index (χ4v) is 6.71. The van der Waals surface area contributed by atoms with Gasteiger partial charge in [-0.2, -0.15) is 0 Å². The second-order valence-electron chi connectivity index (χ2n) is 15.5. The minimum absolute atomic E-state index is 0.0333. The summed E-state index contributed by atoms with van der Waals surface area (Å²) in [7, 11) is 0. The van der Waals surface area contributed by atoms with Crippen molar-refractivity contribution in [1.29, 1.82) is 0 Å². The van der Waals surface area contributed by atoms with Crippen molar-refractivity contribution in [2.24, 2.45) is 0 Å². The predicted octanol–water partition coefficient (Wildman–Crippen LogP) is 13.4. The number of aliphatic hydroxyl groups excluding tert-OH is 1. The molecule has 0 aliphatic rings. The van der Waals surface area contributed by atoms with E-state index in [1.807, 2.05) is 0 Å². The Bertz CT molecular complexity index is 2900. The highest BCUT2D eigenvalue weighted by Crippen LogP contribution is 2.34. The van der Waals surface area contributed by atoms with Gasteiger partial charge in [-0.1, -0.05) is 0 Å². The first-order valence-corrected chi connectivity index (χ1v) is 20.7. The zero-order valence-electron chi connectivity index (χ0n) is 37.1. The lowest BCUT2D eigenvalue weighted by molar-refractivity contribution is 0.260. The lowest BCUT2D eigenvalue weighted by Gasteiger charge is -2.16. The monoisotopic (exact) mass is 1100 g/mol. The summed E-state index contributed by atoms with van der Waals surface area (Å²) in [5, 5.41) is 10.0. The van der Waals surface area contributed by atoms with E-state index in [1.165, 1.54) is 12.1 Å². The SMILES string of the molecule is OCc1cc(OCc2cc(OCc3c(F)c(F)c(F)c(F)c3F)cc(OCc3c(F)c(F)c(F)c(F)c3F)c2)cc(OCc2cc(OCc3c(F)c(F)c(F)c(F)c3F)cc(OCc3c(F)c(F)c(F)c(F)c3F)c2)c1. The normalized spacial score (nSPS) is 11.3. The highest BCUT2D eigenvalue weighted by atomic mass is 19.2. The summed E-state index contributed by atoms with van der Waals surface area (Å²) in [6, 6.07) is 9.21. The Morgan fingerprint density at radius 3 is 0.553 bits per heavy atom. The first-order valence-electron chi connectivity index (χ1n) is 20.7. The van der Waals surface area contributed by atoms with E-state index in [9.17, 15) is 92.9 Å². The van der Waals surface area contributed by atoms with Crippen molar-refractivity contribution in [3.8, 4) is 34.5 Å². The van der Waals surface area contributed by atoms with Crippen LogP contribution >= 0.6 is 0 Å². The van der Waals surface area contributed by atoms with Gasteiger partial charge in [0.1, 0.15) is 74.1 Å². The highest BCUT2D eigenvalue weighted by molar-refractivity contribution is 5.43. The number of aliphatic hydroxyl groups is 1. The molecule has 1 N–H and O–H groups in total. The molecule has 0 saturated carbocycles. The van der Waals surface area contributed by atoms with Gasteiger partial charge in [-0.3, -0.25) is 0 Å². The van der Waals surface area contributed by atoms with E-state index in [0.717, 1.165) is 42.5 Å². The van der Waals surface area contributed by atoms with Crippen LogP contribution in [-0.4, -0.2) is 5.11 Å². The average Bonchev–Trinajstić information content (AvgIpc) is 3.42. The number of hydrogen-bond acceptors (Lipinski definition) is 7. The molecule has 0 fully saturated rings. The van der Waals surface area contributed by atoms with Crippen molar-refractivity contribution in [2.75, 3.05) is 0 Å². The molecular weight excluding hydrogens is 1080 g/mol. The predicted molar refractivity (Wildman–Crippen MR) is 216 cm³/mol. The molecular formula is C49H24F20O7. The molecule has 0 amide bonds. The molecule has 0 spiro atoms. The van der Waals surface area contributed by atoms with Crippen LogP contribution in [-0.2, 0) is 46.2 Å². The standard InChI is InChI=1S/C49H24F20O7/c50-30-26(31(51)39(59)46(66)38(30)58)13-73-22-3-18(4-23(8-22)74-14-27-32(52)40(60)47(67)41(61)33(27)53)11-71-20-1-17(10-70)2-21(7-20)72-12-19-5-24(75-15-28-34(54)42(62)48(68)43(63)35(28)55)9-25(6-19)76-16-29-36(56)44(64)49(69)45(65)37(29)57/h1-9,70H,10-16H2. The minimum Gasteiger partial charge on any atom is -0.489 e. The topological polar surface area (TPSA) is 75.6 Å². The van der Waals surface area contributed by atoms with E-state index in [-0.39, 0.29) is 28.2 Å². The molecule has 27 heteroatoms. The van der Waals surface area contributed by atoms with Crippen LogP contribution in [0.15, 0.2) is 54.6 Å². The maximum Gasteiger partial charge on any atom is 0.200 e. The molecule has 76 heavy (non-hydrogen) atoms. The molecule has 7 aromatic rings. The number of ether oxygens (including phenoxy) is 6. The van der Waals surface area contributed by atoms with Gasteiger partial charge in [-0.25, -0.2) is 87.8 Å². The number of rotatable bonds is 19. The minimum atomic E-state index is -2.49. The maximum atomic E-state index is 14.5. The van der Waals surface area contributed by atoms with Crippen molar-refractivity contribution >= 4 is 0 Å². The molecule has 7 nitrogen and oxygen atoms in total. The molecule has 7 rings (SSSR count). The summed E-state index contributed by atoms with van der Waals surface area (Å²) in [6.45, 7) is -7.52. The molecule has 0 aromatic heterocycles. The van der Waals surface area contributed by atoms with Crippen LogP contribution < -0.4 is 28.4 Å². The summed E-state index contributed by atoms with van der Waals surface area (Å²) in [5.41, 5.74) is -6.08. The Morgan fingerprint density at radius 2 is 0.368 bits per heavy atom. The van der Waals surface area contributed by atoms with Crippen molar-refractivity contribution in [3.05, 3.63) is 210 Å². The van der Waals surface area contributed by atoms with Crippen LogP contribution in [0.2, 0.25) is 0 Å². The van der Waals surface area contributed by atoms with Crippen LogP contribution in [0.1, 0.15) is 38.9 Å². The number of hydrogen-bond donors (Lipinski definition) is 1. The van der Waals surface area contributed by atoms with Gasteiger partial charge < -0.3 is 33.5 Å². The molecule has 0 unspecified atom stereocenters. The Balaban J connectivity index is 1.15. The van der Waals surface area contributed by atoms with Gasteiger partial charge >= 0.3 is 0 Å². The van der Waals surface area contributed by atoms with E-state index in [2.05, 4.69) is 0 Å². The van der Waals surface area contributed by atoms with Gasteiger partial charge in [0.15, 0.2) is 93.1 Å². The molecule has 402 valence electrons. The van der Waals surface area contributed by atoms with Crippen LogP contribution in [0.25, 0.3) is 0 Å². The maximum absolute atomic E-state index is 14.5. The lowest BCUT2D eigenvalue weighted by atomic mass is 10.1. The second-order valence-corrected chi connectivity index (χ2v) is 15.5. The highest BCUT2D eigenvalue weighted by Gasteiger charge is 2.30. The fourth-order valence-electron chi connectivity index (χ4n) is 6.71. The lowest BCUT2D eigenvalue weighted by Crippen LogP contribution is -2.11. The third-order valence-corrected chi connectivity index (χ3v) is 10.5. The summed E-state index contributed by atoms with van der Waals surface area (Å²) in [4.78, 5) is 0. The molecule has 0 aliphatic carbocycles. The van der Waals surface area contributed by atoms with E-state index < -0.39 is 208 Å². The first-order chi connectivity index (χ1) is 35.9. The fraction of sp³-hybridized carbons (Fsp3) is 0.143. The molecule has 0 saturated heterocycles. The Hall–Kier alpha value is -8.10. The molecule has 7 aromatic carbocycles. The van der Waals surface area contributed by atoms with Gasteiger partial charge in [0.2, 0.25) is 23.3 Å². The van der Waals surface area contributed by atoms with Crippen LogP contribution in [0.5, 0.6) is 34.5 Å². The first kappa shape index (κ1) is 55.6. The van der Waals surface area contributed by atoms with E-state index >= 15 is 0 Å². The van der Waals surface area contributed by atoms with Gasteiger partial charge in [0.05, 0.1) is 28.9 Å².